The third-order valence-electron chi connectivity index (χ3n) is 8.53. The molecule has 9 heteroatoms. The first kappa shape index (κ1) is 45.8. The lowest BCUT2D eigenvalue weighted by atomic mass is 10.0. The summed E-state index contributed by atoms with van der Waals surface area (Å²) in [5.74, 6) is -0.886. The third kappa shape index (κ3) is 37.5. The fourth-order valence-corrected chi connectivity index (χ4v) is 5.96. The SMILES string of the molecule is CCCCCC/C=C/CCCCCCCC(=O)OC[C@H](COP(=O)(O)O)OC(=O)CCCCCCCCCCCCCCCCCC. The Hall–Kier alpha value is -1.21. The highest BCUT2D eigenvalue weighted by molar-refractivity contribution is 7.46. The molecule has 0 saturated carbocycles. The van der Waals surface area contributed by atoms with Gasteiger partial charge >= 0.3 is 19.8 Å². The normalized spacial score (nSPS) is 12.5. The second-order valence-corrected chi connectivity index (χ2v) is 14.5. The molecule has 0 bridgehead atoms. The molecular weight excluding hydrogens is 615 g/mol. The van der Waals surface area contributed by atoms with Crippen LogP contribution in [0, 0.1) is 0 Å². The van der Waals surface area contributed by atoms with Gasteiger partial charge in [-0.25, -0.2) is 4.57 Å². The Labute approximate surface area is 288 Å². The second kappa shape index (κ2) is 34.6. The smallest absolute Gasteiger partial charge is 0.462 e. The number of carbonyl (C=O) groups excluding carboxylic acids is 2. The molecule has 0 saturated heterocycles. The molecule has 0 unspecified atom stereocenters. The van der Waals surface area contributed by atoms with Crippen LogP contribution in [0.1, 0.15) is 200 Å². The highest BCUT2D eigenvalue weighted by Crippen LogP contribution is 2.36. The average molecular weight is 689 g/mol. The van der Waals surface area contributed by atoms with Crippen molar-refractivity contribution in [1.82, 2.24) is 0 Å². The number of phosphoric acid groups is 1. The summed E-state index contributed by atoms with van der Waals surface area (Å²) >= 11 is 0. The molecule has 47 heavy (non-hydrogen) atoms. The molecule has 0 aromatic heterocycles. The molecule has 0 aliphatic carbocycles. The van der Waals surface area contributed by atoms with Crippen LogP contribution in [0.25, 0.3) is 0 Å². The summed E-state index contributed by atoms with van der Waals surface area (Å²) in [4.78, 5) is 42.7. The zero-order valence-corrected chi connectivity index (χ0v) is 31.3. The molecule has 0 rings (SSSR count). The van der Waals surface area contributed by atoms with Crippen LogP contribution in [-0.4, -0.2) is 41.0 Å². The maximum Gasteiger partial charge on any atom is 0.469 e. The quantitative estimate of drug-likeness (QED) is 0.0289. The lowest BCUT2D eigenvalue weighted by Gasteiger charge is -2.18. The zero-order valence-electron chi connectivity index (χ0n) is 30.4. The van der Waals surface area contributed by atoms with Crippen LogP contribution in [0.15, 0.2) is 12.2 Å². The largest absolute Gasteiger partial charge is 0.469 e. The van der Waals surface area contributed by atoms with Crippen LogP contribution >= 0.6 is 7.82 Å². The van der Waals surface area contributed by atoms with Gasteiger partial charge in [-0.05, 0) is 38.5 Å². The fourth-order valence-electron chi connectivity index (χ4n) is 5.60. The Balaban J connectivity index is 3.93. The molecule has 0 fully saturated rings. The van der Waals surface area contributed by atoms with E-state index in [2.05, 4.69) is 30.5 Å². The summed E-state index contributed by atoms with van der Waals surface area (Å²) in [5.41, 5.74) is 0. The molecule has 0 radical (unpaired) electrons. The van der Waals surface area contributed by atoms with Crippen LogP contribution in [0.2, 0.25) is 0 Å². The van der Waals surface area contributed by atoms with Crippen LogP contribution in [-0.2, 0) is 28.2 Å². The van der Waals surface area contributed by atoms with Crippen LogP contribution in [0.4, 0.5) is 0 Å². The lowest BCUT2D eigenvalue weighted by Crippen LogP contribution is -2.29. The van der Waals surface area contributed by atoms with Crippen LogP contribution in [0.3, 0.4) is 0 Å². The summed E-state index contributed by atoms with van der Waals surface area (Å²) in [6, 6.07) is 0. The van der Waals surface area contributed by atoms with Gasteiger partial charge in [0.15, 0.2) is 6.10 Å². The number of carbonyl (C=O) groups is 2. The van der Waals surface area contributed by atoms with E-state index in [0.29, 0.717) is 6.42 Å². The number of allylic oxidation sites excluding steroid dienone is 2. The molecule has 2 N–H and O–H groups in total. The van der Waals surface area contributed by atoms with Gasteiger partial charge in [0.2, 0.25) is 0 Å². The molecule has 0 aromatic rings. The Kier molecular flexibility index (Phi) is 33.8. The summed E-state index contributed by atoms with van der Waals surface area (Å²) in [5, 5.41) is 0. The molecule has 1 atom stereocenters. The number of unbranched alkanes of at least 4 members (excludes halogenated alkanes) is 24. The first-order valence-electron chi connectivity index (χ1n) is 19.5. The van der Waals surface area contributed by atoms with Gasteiger partial charge in [0.05, 0.1) is 6.61 Å². The Morgan fingerprint density at radius 3 is 1.32 bits per heavy atom. The molecule has 0 aromatic carbocycles. The number of phosphoric ester groups is 1. The van der Waals surface area contributed by atoms with Crippen molar-refractivity contribution >= 4 is 19.8 Å². The Morgan fingerprint density at radius 1 is 0.532 bits per heavy atom. The average Bonchev–Trinajstić information content (AvgIpc) is 3.03. The van der Waals surface area contributed by atoms with E-state index in [9.17, 15) is 14.2 Å². The minimum atomic E-state index is -4.75. The van der Waals surface area contributed by atoms with Crippen molar-refractivity contribution in [1.29, 1.82) is 0 Å². The van der Waals surface area contributed by atoms with E-state index in [1.807, 2.05) is 0 Å². The van der Waals surface area contributed by atoms with Crippen molar-refractivity contribution in [3.63, 3.8) is 0 Å². The number of hydrogen-bond acceptors (Lipinski definition) is 6. The highest BCUT2D eigenvalue weighted by atomic mass is 31.2. The fraction of sp³-hybridized carbons (Fsp3) is 0.895. The van der Waals surface area contributed by atoms with E-state index >= 15 is 0 Å². The zero-order chi connectivity index (χ0) is 34.7. The second-order valence-electron chi connectivity index (χ2n) is 13.3. The molecule has 0 spiro atoms. The maximum atomic E-state index is 12.4. The first-order valence-corrected chi connectivity index (χ1v) is 21.0. The number of esters is 2. The monoisotopic (exact) mass is 689 g/mol. The van der Waals surface area contributed by atoms with Gasteiger partial charge in [0.25, 0.3) is 0 Å². The predicted octanol–water partition coefficient (Wildman–Crippen LogP) is 11.5. The molecule has 0 aliphatic rings. The van der Waals surface area contributed by atoms with Gasteiger partial charge in [0, 0.05) is 12.8 Å². The van der Waals surface area contributed by atoms with Crippen molar-refractivity contribution in [2.24, 2.45) is 0 Å². The van der Waals surface area contributed by atoms with Gasteiger partial charge in [-0.2, -0.15) is 0 Å². The van der Waals surface area contributed by atoms with Gasteiger partial charge < -0.3 is 19.3 Å². The van der Waals surface area contributed by atoms with E-state index in [0.717, 1.165) is 57.8 Å². The summed E-state index contributed by atoms with van der Waals surface area (Å²) < 4.78 is 26.3. The lowest BCUT2D eigenvalue weighted by molar-refractivity contribution is -0.161. The van der Waals surface area contributed by atoms with Crippen molar-refractivity contribution < 1.29 is 37.9 Å². The van der Waals surface area contributed by atoms with E-state index < -0.39 is 32.5 Å². The van der Waals surface area contributed by atoms with Gasteiger partial charge in [0.1, 0.15) is 6.61 Å². The molecule has 0 heterocycles. The van der Waals surface area contributed by atoms with Crippen molar-refractivity contribution in [3.8, 4) is 0 Å². The van der Waals surface area contributed by atoms with Gasteiger partial charge in [-0.15, -0.1) is 0 Å². The summed E-state index contributed by atoms with van der Waals surface area (Å²) in [6.07, 6.45) is 36.4. The minimum Gasteiger partial charge on any atom is -0.462 e. The molecular formula is C38H73O8P. The first-order chi connectivity index (χ1) is 22.8. The topological polar surface area (TPSA) is 119 Å². The van der Waals surface area contributed by atoms with E-state index in [-0.39, 0.29) is 19.4 Å². The van der Waals surface area contributed by atoms with Gasteiger partial charge in [-0.3, -0.25) is 14.1 Å². The standard InChI is InChI=1S/C38H73O8P/c1-3-5-7-9-11-13-15-17-18-19-21-23-25-27-29-31-33-38(40)46-36(35-45-47(41,42)43)34-44-37(39)32-30-28-26-24-22-20-16-14-12-10-8-6-4-2/h14,16,36H,3-13,15,17-35H2,1-2H3,(H2,41,42,43)/b16-14+/t36-/m1/s1. The molecule has 8 nitrogen and oxygen atoms in total. The predicted molar refractivity (Wildman–Crippen MR) is 193 cm³/mol. The third-order valence-corrected chi connectivity index (χ3v) is 9.02. The van der Waals surface area contributed by atoms with Crippen LogP contribution in [0.5, 0.6) is 0 Å². The van der Waals surface area contributed by atoms with E-state index in [1.54, 1.807) is 0 Å². The van der Waals surface area contributed by atoms with E-state index in [4.69, 9.17) is 19.3 Å². The van der Waals surface area contributed by atoms with E-state index in [1.165, 1.54) is 109 Å². The number of hydrogen-bond donors (Lipinski definition) is 2. The van der Waals surface area contributed by atoms with Gasteiger partial charge in [-0.1, -0.05) is 161 Å². The van der Waals surface area contributed by atoms with Crippen molar-refractivity contribution in [3.05, 3.63) is 12.2 Å². The molecule has 278 valence electrons. The summed E-state index contributed by atoms with van der Waals surface area (Å²) in [7, 11) is -4.75. The Morgan fingerprint density at radius 2 is 0.894 bits per heavy atom. The van der Waals surface area contributed by atoms with Crippen molar-refractivity contribution in [2.75, 3.05) is 13.2 Å². The summed E-state index contributed by atoms with van der Waals surface area (Å²) in [6.45, 7) is 3.67. The maximum absolute atomic E-state index is 12.4. The minimum absolute atomic E-state index is 0.216. The highest BCUT2D eigenvalue weighted by Gasteiger charge is 2.22. The van der Waals surface area contributed by atoms with Crippen molar-refractivity contribution in [2.45, 2.75) is 206 Å². The molecule has 0 amide bonds. The number of rotatable bonds is 36. The number of ether oxygens (including phenoxy) is 2. The Bertz CT molecular complexity index is 782. The van der Waals surface area contributed by atoms with Crippen LogP contribution < -0.4 is 0 Å². The molecule has 0 aliphatic heterocycles.